The Balaban J connectivity index is 1.25. The number of nitrogens with one attached hydrogen (secondary N) is 1. The number of likely N-dealkylation sites (tertiary alicyclic amines) is 1. The molecule has 0 spiro atoms. The summed E-state index contributed by atoms with van der Waals surface area (Å²) in [5.74, 6) is 2.06. The van der Waals surface area contributed by atoms with E-state index >= 15 is 0 Å². The number of anilines is 1. The van der Waals surface area contributed by atoms with Gasteiger partial charge in [0.15, 0.2) is 17.3 Å². The minimum absolute atomic E-state index is 0.00407. The summed E-state index contributed by atoms with van der Waals surface area (Å²) in [6.45, 7) is 11.6. The number of amides is 1. The Morgan fingerprint density at radius 3 is 2.46 bits per heavy atom. The van der Waals surface area contributed by atoms with Gasteiger partial charge in [-0.2, -0.15) is 0 Å². The van der Waals surface area contributed by atoms with Gasteiger partial charge in [0.25, 0.3) is 5.56 Å². The maximum absolute atomic E-state index is 13.9. The number of carbonyl (C=O) groups is 1. The number of rotatable bonds is 7. The Morgan fingerprint density at radius 2 is 1.80 bits per heavy atom. The molecule has 1 atom stereocenters. The van der Waals surface area contributed by atoms with Gasteiger partial charge in [-0.15, -0.1) is 0 Å². The molecule has 11 heteroatoms. The van der Waals surface area contributed by atoms with Gasteiger partial charge in [0.05, 0.1) is 23.1 Å². The molecule has 1 aliphatic heterocycles. The minimum Gasteiger partial charge on any atom is -0.444 e. The summed E-state index contributed by atoms with van der Waals surface area (Å²) in [7, 11) is 0. The SMILES string of the molecule is Cc1ncnc(C2CC2)c1-c1ncc2nc(NCC3CCN(C(=O)OC(C)(C)C)CC3)c(=O)n(C(C)C3CC3)c2n1. The molecule has 6 rings (SSSR count). The molecular weight excluding hydrogens is 520 g/mol. The number of fused-ring (bicyclic) bond motifs is 1. The fraction of sp³-hybridized carbons (Fsp3) is 0.633. The summed E-state index contributed by atoms with van der Waals surface area (Å²) >= 11 is 0. The van der Waals surface area contributed by atoms with Crippen molar-refractivity contribution in [2.45, 2.75) is 90.7 Å². The molecule has 3 aliphatic rings. The Hall–Kier alpha value is -3.63. The Morgan fingerprint density at radius 1 is 1.07 bits per heavy atom. The summed E-state index contributed by atoms with van der Waals surface area (Å²) in [5.41, 5.74) is 3.18. The van der Waals surface area contributed by atoms with Crippen LogP contribution in [0.25, 0.3) is 22.6 Å². The molecule has 0 aromatic carbocycles. The maximum atomic E-state index is 13.9. The largest absolute Gasteiger partial charge is 0.444 e. The van der Waals surface area contributed by atoms with E-state index in [0.717, 1.165) is 55.5 Å². The zero-order valence-electron chi connectivity index (χ0n) is 24.7. The van der Waals surface area contributed by atoms with Crippen molar-refractivity contribution in [3.8, 4) is 11.4 Å². The summed E-state index contributed by atoms with van der Waals surface area (Å²) in [4.78, 5) is 51.4. The second-order valence-corrected chi connectivity index (χ2v) is 12.9. The fourth-order valence-electron chi connectivity index (χ4n) is 5.73. The molecule has 0 bridgehead atoms. The van der Waals surface area contributed by atoms with Crippen molar-refractivity contribution in [2.24, 2.45) is 11.8 Å². The molecule has 1 amide bonds. The molecule has 4 heterocycles. The highest BCUT2D eigenvalue weighted by molar-refractivity contribution is 5.75. The van der Waals surface area contributed by atoms with Crippen molar-refractivity contribution in [3.05, 3.63) is 34.3 Å². The lowest BCUT2D eigenvalue weighted by molar-refractivity contribution is 0.0188. The van der Waals surface area contributed by atoms with Crippen LogP contribution in [0.5, 0.6) is 0 Å². The van der Waals surface area contributed by atoms with E-state index in [9.17, 15) is 9.59 Å². The molecule has 218 valence electrons. The predicted molar refractivity (Wildman–Crippen MR) is 156 cm³/mol. The minimum atomic E-state index is -0.508. The first kappa shape index (κ1) is 27.5. The second kappa shape index (κ2) is 10.6. The van der Waals surface area contributed by atoms with Gasteiger partial charge < -0.3 is 15.0 Å². The number of aromatic nitrogens is 6. The first-order valence-electron chi connectivity index (χ1n) is 14.9. The lowest BCUT2D eigenvalue weighted by atomic mass is 9.97. The Kier molecular flexibility index (Phi) is 7.15. The number of aryl methyl sites for hydroxylation is 1. The fourth-order valence-corrected chi connectivity index (χ4v) is 5.73. The maximum Gasteiger partial charge on any atom is 0.410 e. The highest BCUT2D eigenvalue weighted by Crippen LogP contribution is 2.43. The van der Waals surface area contributed by atoms with E-state index in [4.69, 9.17) is 19.7 Å². The summed E-state index contributed by atoms with van der Waals surface area (Å²) in [6.07, 6.45) is 9.16. The van der Waals surface area contributed by atoms with Crippen molar-refractivity contribution >= 4 is 23.1 Å². The lowest BCUT2D eigenvalue weighted by Crippen LogP contribution is -2.42. The van der Waals surface area contributed by atoms with Gasteiger partial charge in [-0.05, 0) is 85.0 Å². The van der Waals surface area contributed by atoms with Gasteiger partial charge in [0.1, 0.15) is 17.4 Å². The number of hydrogen-bond donors (Lipinski definition) is 1. The van der Waals surface area contributed by atoms with Gasteiger partial charge in [-0.25, -0.2) is 29.7 Å². The quantitative estimate of drug-likeness (QED) is 0.431. The van der Waals surface area contributed by atoms with Crippen LogP contribution < -0.4 is 10.9 Å². The molecule has 3 aromatic heterocycles. The molecule has 0 radical (unpaired) electrons. The predicted octanol–water partition coefficient (Wildman–Crippen LogP) is 4.86. The van der Waals surface area contributed by atoms with Crippen molar-refractivity contribution in [3.63, 3.8) is 0 Å². The van der Waals surface area contributed by atoms with Crippen LogP contribution in [0, 0.1) is 18.8 Å². The van der Waals surface area contributed by atoms with Gasteiger partial charge in [-0.3, -0.25) is 9.36 Å². The van der Waals surface area contributed by atoms with Crippen molar-refractivity contribution < 1.29 is 9.53 Å². The van der Waals surface area contributed by atoms with Crippen molar-refractivity contribution in [1.82, 2.24) is 34.4 Å². The summed E-state index contributed by atoms with van der Waals surface area (Å²) in [5, 5.41) is 3.34. The van der Waals surface area contributed by atoms with Gasteiger partial charge in [0, 0.05) is 31.6 Å². The number of piperidine rings is 1. The van der Waals surface area contributed by atoms with Crippen molar-refractivity contribution in [1.29, 1.82) is 0 Å². The van der Waals surface area contributed by atoms with Gasteiger partial charge >= 0.3 is 6.09 Å². The normalized spacial score (nSPS) is 18.9. The number of carbonyl (C=O) groups excluding carboxylic acids is 1. The standard InChI is InChI=1S/C30H40N8O3/c1-17-23(24(21-8-9-21)34-16-33-17)25-32-15-22-27(36-25)38(18(2)20-6-7-20)28(39)26(35-22)31-14-19-10-12-37(13-11-19)29(40)41-30(3,4)5/h15-16,18-21H,6-14H2,1-5H3,(H,31,35). The first-order valence-corrected chi connectivity index (χ1v) is 14.9. The van der Waals surface area contributed by atoms with E-state index in [-0.39, 0.29) is 17.7 Å². The van der Waals surface area contributed by atoms with E-state index in [1.54, 1.807) is 17.4 Å². The van der Waals surface area contributed by atoms with Crippen LogP contribution in [0.1, 0.15) is 89.6 Å². The topological polar surface area (TPSA) is 128 Å². The Labute approximate surface area is 240 Å². The molecule has 3 fully saturated rings. The second-order valence-electron chi connectivity index (χ2n) is 12.9. The average Bonchev–Trinajstić information content (AvgIpc) is 3.84. The molecule has 1 saturated heterocycles. The highest BCUT2D eigenvalue weighted by atomic mass is 16.6. The average molecular weight is 561 g/mol. The smallest absolute Gasteiger partial charge is 0.410 e. The number of nitrogens with zero attached hydrogens (tertiary/aromatic N) is 7. The zero-order valence-corrected chi connectivity index (χ0v) is 24.7. The van der Waals surface area contributed by atoms with Crippen LogP contribution in [0.3, 0.4) is 0 Å². The van der Waals surface area contributed by atoms with E-state index in [1.165, 1.54) is 0 Å². The zero-order chi connectivity index (χ0) is 28.9. The van der Waals surface area contributed by atoms with E-state index < -0.39 is 5.60 Å². The molecule has 1 unspecified atom stereocenters. The molecule has 11 nitrogen and oxygen atoms in total. The molecular formula is C30H40N8O3. The molecule has 41 heavy (non-hydrogen) atoms. The molecule has 2 saturated carbocycles. The van der Waals surface area contributed by atoms with E-state index in [0.29, 0.717) is 60.2 Å². The Bertz CT molecular complexity index is 1510. The molecule has 1 N–H and O–H groups in total. The first-order chi connectivity index (χ1) is 19.6. The summed E-state index contributed by atoms with van der Waals surface area (Å²) < 4.78 is 7.34. The van der Waals surface area contributed by atoms with Crippen LogP contribution in [-0.2, 0) is 4.74 Å². The third-order valence-electron chi connectivity index (χ3n) is 8.42. The van der Waals surface area contributed by atoms with E-state index in [2.05, 4.69) is 22.2 Å². The van der Waals surface area contributed by atoms with Gasteiger partial charge in [-0.1, -0.05) is 0 Å². The molecule has 2 aliphatic carbocycles. The summed E-state index contributed by atoms with van der Waals surface area (Å²) in [6, 6.07) is 0.00407. The number of hydrogen-bond acceptors (Lipinski definition) is 9. The van der Waals surface area contributed by atoms with Crippen LogP contribution >= 0.6 is 0 Å². The monoisotopic (exact) mass is 560 g/mol. The lowest BCUT2D eigenvalue weighted by Gasteiger charge is -2.33. The third-order valence-corrected chi connectivity index (χ3v) is 8.42. The van der Waals surface area contributed by atoms with Crippen LogP contribution in [0.2, 0.25) is 0 Å². The van der Waals surface area contributed by atoms with Gasteiger partial charge in [0.2, 0.25) is 0 Å². The van der Waals surface area contributed by atoms with Crippen LogP contribution in [-0.4, -0.2) is 65.7 Å². The molecule has 3 aromatic rings. The number of ether oxygens (including phenoxy) is 1. The van der Waals surface area contributed by atoms with Crippen molar-refractivity contribution in [2.75, 3.05) is 25.0 Å². The third kappa shape index (κ3) is 5.90. The van der Waals surface area contributed by atoms with Crippen LogP contribution in [0.15, 0.2) is 17.3 Å². The van der Waals surface area contributed by atoms with E-state index in [1.807, 2.05) is 32.3 Å². The van der Waals surface area contributed by atoms with Crippen LogP contribution in [0.4, 0.5) is 10.6 Å². The highest BCUT2D eigenvalue weighted by Gasteiger charge is 2.34.